The van der Waals surface area contributed by atoms with Crippen LogP contribution in [0.25, 0.3) is 6.08 Å². The van der Waals surface area contributed by atoms with Crippen LogP contribution in [0.1, 0.15) is 15.9 Å². The first-order chi connectivity index (χ1) is 14.3. The van der Waals surface area contributed by atoms with Crippen LogP contribution in [0, 0.1) is 0 Å². The highest BCUT2D eigenvalue weighted by atomic mass is 16.5. The van der Waals surface area contributed by atoms with Gasteiger partial charge in [-0.2, -0.15) is 0 Å². The number of allylic oxidation sites excluding steroid dienone is 1. The van der Waals surface area contributed by atoms with Gasteiger partial charge in [0.05, 0.1) is 13.2 Å². The van der Waals surface area contributed by atoms with E-state index >= 15 is 0 Å². The van der Waals surface area contributed by atoms with Crippen LogP contribution in [0.2, 0.25) is 0 Å². The quantitative estimate of drug-likeness (QED) is 0.431. The van der Waals surface area contributed by atoms with Crippen LogP contribution in [0.3, 0.4) is 0 Å². The van der Waals surface area contributed by atoms with Gasteiger partial charge in [-0.1, -0.05) is 36.4 Å². The molecule has 1 heterocycles. The van der Waals surface area contributed by atoms with Gasteiger partial charge in [-0.25, -0.2) is 0 Å². The van der Waals surface area contributed by atoms with Crippen LogP contribution in [0.15, 0.2) is 84.9 Å². The molecular weight excluding hydrogens is 362 g/mol. The fourth-order valence-electron chi connectivity index (χ4n) is 3.20. The Hall–Kier alpha value is -3.37. The zero-order valence-corrected chi connectivity index (χ0v) is 16.2. The van der Waals surface area contributed by atoms with E-state index in [4.69, 9.17) is 9.47 Å². The van der Waals surface area contributed by atoms with Crippen molar-refractivity contribution in [1.82, 2.24) is 0 Å². The molecule has 0 atom stereocenters. The highest BCUT2D eigenvalue weighted by Gasteiger charge is 2.11. The standard InChI is InChI=1S/C25H23NO3/c27-25(21-9-11-22(12-10-21)26-16-18-28-19-17-26)15-8-20-6-13-24(14-7-20)29-23-4-2-1-3-5-23/h1-15H,16-19H2/b15-8+. The fraction of sp³-hybridized carbons (Fsp3) is 0.160. The molecule has 0 unspecified atom stereocenters. The molecule has 3 aromatic rings. The number of ketones is 1. The van der Waals surface area contributed by atoms with Crippen molar-refractivity contribution >= 4 is 17.5 Å². The molecule has 0 aromatic heterocycles. The molecule has 0 aliphatic carbocycles. The Balaban J connectivity index is 1.36. The molecule has 3 aromatic carbocycles. The van der Waals surface area contributed by atoms with Gasteiger partial charge in [-0.05, 0) is 60.2 Å². The lowest BCUT2D eigenvalue weighted by Crippen LogP contribution is -2.36. The number of carbonyl (C=O) groups excluding carboxylic acids is 1. The summed E-state index contributed by atoms with van der Waals surface area (Å²) in [7, 11) is 0. The third-order valence-electron chi connectivity index (χ3n) is 4.81. The van der Waals surface area contributed by atoms with E-state index in [2.05, 4.69) is 4.90 Å². The molecular formula is C25H23NO3. The topological polar surface area (TPSA) is 38.8 Å². The summed E-state index contributed by atoms with van der Waals surface area (Å²) in [5.41, 5.74) is 2.76. The van der Waals surface area contributed by atoms with Gasteiger partial charge in [0.1, 0.15) is 11.5 Å². The number of hydrogen-bond donors (Lipinski definition) is 0. The van der Waals surface area contributed by atoms with Gasteiger partial charge in [0.15, 0.2) is 5.78 Å². The predicted molar refractivity (Wildman–Crippen MR) is 116 cm³/mol. The van der Waals surface area contributed by atoms with E-state index in [1.54, 1.807) is 6.08 Å². The first-order valence-electron chi connectivity index (χ1n) is 9.76. The number of morpholine rings is 1. The number of ether oxygens (including phenoxy) is 2. The molecule has 4 nitrogen and oxygen atoms in total. The molecule has 29 heavy (non-hydrogen) atoms. The molecule has 0 amide bonds. The lowest BCUT2D eigenvalue weighted by atomic mass is 10.1. The number of rotatable bonds is 6. The summed E-state index contributed by atoms with van der Waals surface area (Å²) >= 11 is 0. The van der Waals surface area contributed by atoms with Crippen molar-refractivity contribution in [2.24, 2.45) is 0 Å². The fourth-order valence-corrected chi connectivity index (χ4v) is 3.20. The van der Waals surface area contributed by atoms with E-state index in [0.29, 0.717) is 5.56 Å². The molecule has 0 N–H and O–H groups in total. The van der Waals surface area contributed by atoms with Crippen molar-refractivity contribution in [1.29, 1.82) is 0 Å². The molecule has 1 saturated heterocycles. The average Bonchev–Trinajstić information content (AvgIpc) is 2.80. The average molecular weight is 385 g/mol. The van der Waals surface area contributed by atoms with Gasteiger partial charge in [0.25, 0.3) is 0 Å². The molecule has 4 heteroatoms. The van der Waals surface area contributed by atoms with Crippen molar-refractivity contribution in [3.05, 3.63) is 96.1 Å². The molecule has 0 bridgehead atoms. The van der Waals surface area contributed by atoms with E-state index in [0.717, 1.165) is 49.1 Å². The molecule has 1 fully saturated rings. The van der Waals surface area contributed by atoms with Crippen molar-refractivity contribution in [3.63, 3.8) is 0 Å². The van der Waals surface area contributed by atoms with Crippen LogP contribution in [-0.2, 0) is 4.74 Å². The maximum Gasteiger partial charge on any atom is 0.185 e. The monoisotopic (exact) mass is 385 g/mol. The largest absolute Gasteiger partial charge is 0.457 e. The maximum absolute atomic E-state index is 12.5. The first kappa shape index (κ1) is 19.0. The summed E-state index contributed by atoms with van der Waals surface area (Å²) in [5.74, 6) is 1.55. The van der Waals surface area contributed by atoms with Crippen LogP contribution in [0.5, 0.6) is 11.5 Å². The summed E-state index contributed by atoms with van der Waals surface area (Å²) < 4.78 is 11.2. The van der Waals surface area contributed by atoms with E-state index in [-0.39, 0.29) is 5.78 Å². The Morgan fingerprint density at radius 1 is 0.828 bits per heavy atom. The minimum absolute atomic E-state index is 0.0110. The van der Waals surface area contributed by atoms with Gasteiger partial charge in [0.2, 0.25) is 0 Å². The zero-order valence-electron chi connectivity index (χ0n) is 16.2. The van der Waals surface area contributed by atoms with Gasteiger partial charge in [0, 0.05) is 24.3 Å². The number of anilines is 1. The lowest BCUT2D eigenvalue weighted by molar-refractivity contribution is 0.104. The Morgan fingerprint density at radius 2 is 1.48 bits per heavy atom. The molecule has 0 saturated carbocycles. The molecule has 1 aliphatic heterocycles. The molecule has 1 aliphatic rings. The Kier molecular flexibility index (Phi) is 6.03. The second-order valence-corrected chi connectivity index (χ2v) is 6.83. The van der Waals surface area contributed by atoms with Crippen LogP contribution in [0.4, 0.5) is 5.69 Å². The molecule has 0 spiro atoms. The van der Waals surface area contributed by atoms with E-state index in [1.807, 2.05) is 84.9 Å². The summed E-state index contributed by atoms with van der Waals surface area (Å²) in [4.78, 5) is 14.7. The Bertz CT molecular complexity index is 957. The summed E-state index contributed by atoms with van der Waals surface area (Å²) in [6, 6.07) is 25.1. The minimum atomic E-state index is -0.0110. The Labute approximate surface area is 171 Å². The van der Waals surface area contributed by atoms with Crippen molar-refractivity contribution in [2.45, 2.75) is 0 Å². The smallest absolute Gasteiger partial charge is 0.185 e. The lowest BCUT2D eigenvalue weighted by Gasteiger charge is -2.28. The van der Waals surface area contributed by atoms with Crippen LogP contribution < -0.4 is 9.64 Å². The summed E-state index contributed by atoms with van der Waals surface area (Å²) in [5, 5.41) is 0. The van der Waals surface area contributed by atoms with E-state index < -0.39 is 0 Å². The SMILES string of the molecule is O=C(/C=C/c1ccc(Oc2ccccc2)cc1)c1ccc(N2CCOCC2)cc1. The predicted octanol–water partition coefficient (Wildman–Crippen LogP) is 5.21. The number of benzene rings is 3. The molecule has 146 valence electrons. The van der Waals surface area contributed by atoms with Gasteiger partial charge in [-0.15, -0.1) is 0 Å². The number of nitrogens with zero attached hydrogens (tertiary/aromatic N) is 1. The van der Waals surface area contributed by atoms with Crippen molar-refractivity contribution < 1.29 is 14.3 Å². The number of carbonyl (C=O) groups is 1. The van der Waals surface area contributed by atoms with Gasteiger partial charge >= 0.3 is 0 Å². The zero-order chi connectivity index (χ0) is 19.9. The summed E-state index contributed by atoms with van der Waals surface area (Å²) in [6.45, 7) is 3.27. The highest BCUT2D eigenvalue weighted by molar-refractivity contribution is 6.07. The second kappa shape index (κ2) is 9.22. The normalized spacial score (nSPS) is 14.1. The van der Waals surface area contributed by atoms with Crippen molar-refractivity contribution in [3.8, 4) is 11.5 Å². The van der Waals surface area contributed by atoms with Crippen molar-refractivity contribution in [2.75, 3.05) is 31.2 Å². The van der Waals surface area contributed by atoms with E-state index in [1.165, 1.54) is 0 Å². The minimum Gasteiger partial charge on any atom is -0.457 e. The number of hydrogen-bond acceptors (Lipinski definition) is 4. The van der Waals surface area contributed by atoms with Crippen LogP contribution in [-0.4, -0.2) is 32.1 Å². The van der Waals surface area contributed by atoms with Gasteiger partial charge < -0.3 is 14.4 Å². The highest BCUT2D eigenvalue weighted by Crippen LogP contribution is 2.22. The Morgan fingerprint density at radius 3 is 2.17 bits per heavy atom. The summed E-state index contributed by atoms with van der Waals surface area (Å²) in [6.07, 6.45) is 3.43. The van der Waals surface area contributed by atoms with Crippen LogP contribution >= 0.6 is 0 Å². The second-order valence-electron chi connectivity index (χ2n) is 6.83. The molecule has 4 rings (SSSR count). The van der Waals surface area contributed by atoms with Gasteiger partial charge in [-0.3, -0.25) is 4.79 Å². The third-order valence-corrected chi connectivity index (χ3v) is 4.81. The van der Waals surface area contributed by atoms with E-state index in [9.17, 15) is 4.79 Å². The first-order valence-corrected chi connectivity index (χ1v) is 9.76. The third kappa shape index (κ3) is 5.12. The number of para-hydroxylation sites is 1. The molecule has 0 radical (unpaired) electrons. The maximum atomic E-state index is 12.5.